The lowest BCUT2D eigenvalue weighted by atomic mass is 10.9. The number of hydrogen-bond donors (Lipinski definition) is 1. The normalized spacial score (nSPS) is 15.1. The molecular weight excluding hydrogens is 198 g/mol. The Balaban J connectivity index is 5.08. The summed E-state index contributed by atoms with van der Waals surface area (Å²) in [5.74, 6) is 0. The fourth-order valence-electron chi connectivity index (χ4n) is 0.150. The van der Waals surface area contributed by atoms with Crippen molar-refractivity contribution < 1.29 is 33.8 Å². The quantitative estimate of drug-likeness (QED) is 0.456. The maximum atomic E-state index is 9.95. The van der Waals surface area contributed by atoms with E-state index in [1.54, 1.807) is 0 Å². The lowest BCUT2D eigenvalue weighted by Crippen LogP contribution is -2.43. The summed E-state index contributed by atoms with van der Waals surface area (Å²) in [5.41, 5.74) is 0. The van der Waals surface area contributed by atoms with Gasteiger partial charge in [-0.3, -0.25) is 0 Å². The minimum absolute atomic E-state index is 0.133. The molecule has 0 unspecified atom stereocenters. The van der Waals surface area contributed by atoms with E-state index in [0.717, 1.165) is 0 Å². The highest BCUT2D eigenvalue weighted by molar-refractivity contribution is 7.69. The van der Waals surface area contributed by atoms with Crippen LogP contribution in [0.2, 0.25) is 0 Å². The van der Waals surface area contributed by atoms with Crippen LogP contribution >= 0.6 is 15.2 Å². The lowest BCUT2D eigenvalue weighted by Gasteiger charge is -2.53. The van der Waals surface area contributed by atoms with Gasteiger partial charge >= 0.3 is 0 Å². The van der Waals surface area contributed by atoms with Gasteiger partial charge in [0.1, 0.15) is 5.08 Å². The highest BCUT2D eigenvalue weighted by Gasteiger charge is 2.29. The second-order valence-corrected chi connectivity index (χ2v) is 6.05. The Labute approximate surface area is 62.0 Å². The molecule has 0 aromatic heterocycles. The van der Waals surface area contributed by atoms with Gasteiger partial charge in [-0.1, -0.05) is 0 Å². The van der Waals surface area contributed by atoms with E-state index in [1.807, 2.05) is 0 Å². The van der Waals surface area contributed by atoms with E-state index in [0.29, 0.717) is 0 Å². The predicted molar refractivity (Wildman–Crippen MR) is 25.8 cm³/mol. The van der Waals surface area contributed by atoms with Gasteiger partial charge in [0.05, 0.1) is 0 Å². The molecule has 0 bridgehead atoms. The molecule has 0 saturated heterocycles. The van der Waals surface area contributed by atoms with Crippen molar-refractivity contribution >= 4 is 15.2 Å². The third-order valence-electron chi connectivity index (χ3n) is 1.04. The molecule has 68 valence electrons. The van der Waals surface area contributed by atoms with Gasteiger partial charge < -0.3 is 33.8 Å². The average Bonchev–Trinajstić information content (AvgIpc) is 1.58. The summed E-state index contributed by atoms with van der Waals surface area (Å²) in [6, 6.07) is 0. The smallest absolute Gasteiger partial charge is 0.114 e. The van der Waals surface area contributed by atoms with Crippen LogP contribution in [0, 0.1) is 0 Å². The summed E-state index contributed by atoms with van der Waals surface area (Å²) in [6.45, 7) is 0.133. The van der Waals surface area contributed by atoms with Gasteiger partial charge in [-0.05, 0) is 22.1 Å². The van der Waals surface area contributed by atoms with Crippen molar-refractivity contribution in [2.75, 3.05) is 0 Å². The zero-order chi connectivity index (χ0) is 9.50. The molecule has 0 atom stereocenters. The molecule has 0 aromatic carbocycles. The summed E-state index contributed by atoms with van der Waals surface area (Å²) < 4.78 is 19.9. The van der Waals surface area contributed by atoms with Gasteiger partial charge in [0.15, 0.2) is 0 Å². The topological polar surface area (TPSA) is 147 Å². The van der Waals surface area contributed by atoms with E-state index in [1.165, 1.54) is 0 Å². The zero-order valence-electron chi connectivity index (χ0n) is 5.29. The lowest BCUT2D eigenvalue weighted by molar-refractivity contribution is -0.347. The van der Waals surface area contributed by atoms with Crippen molar-refractivity contribution in [3.05, 3.63) is 0 Å². The molecule has 11 heavy (non-hydrogen) atoms. The van der Waals surface area contributed by atoms with Gasteiger partial charge in [-0.2, -0.15) is 0 Å². The van der Waals surface area contributed by atoms with Crippen molar-refractivity contribution in [2.24, 2.45) is 0 Å². The SMILES string of the molecule is CC(O)(P(=O)([O-])[O-])P(=O)([O-])[O-]. The Kier molecular flexibility index (Phi) is 2.70. The van der Waals surface area contributed by atoms with E-state index in [-0.39, 0.29) is 6.92 Å². The van der Waals surface area contributed by atoms with E-state index in [4.69, 9.17) is 5.11 Å². The van der Waals surface area contributed by atoms with E-state index in [9.17, 15) is 28.7 Å². The van der Waals surface area contributed by atoms with Crippen molar-refractivity contribution in [2.45, 2.75) is 12.0 Å². The number of hydrogen-bond acceptors (Lipinski definition) is 7. The Morgan fingerprint density at radius 2 is 1.27 bits per heavy atom. The molecule has 0 saturated carbocycles. The molecule has 0 radical (unpaired) electrons. The van der Waals surface area contributed by atoms with Gasteiger partial charge in [-0.25, -0.2) is 0 Å². The maximum absolute atomic E-state index is 9.95. The monoisotopic (exact) mass is 202 g/mol. The van der Waals surface area contributed by atoms with Crippen molar-refractivity contribution in [3.8, 4) is 0 Å². The van der Waals surface area contributed by atoms with Crippen LogP contribution in [0.5, 0.6) is 0 Å². The maximum Gasteiger partial charge on any atom is 0.114 e. The second-order valence-electron chi connectivity index (χ2n) is 1.97. The van der Waals surface area contributed by atoms with Crippen LogP contribution in [0.1, 0.15) is 6.92 Å². The van der Waals surface area contributed by atoms with Crippen LogP contribution in [0.3, 0.4) is 0 Å². The van der Waals surface area contributed by atoms with Gasteiger partial charge in [0.2, 0.25) is 0 Å². The van der Waals surface area contributed by atoms with E-state index < -0.39 is 20.3 Å². The van der Waals surface area contributed by atoms with Crippen LogP contribution < -0.4 is 19.6 Å². The van der Waals surface area contributed by atoms with Gasteiger partial charge in [0.25, 0.3) is 0 Å². The Bertz CT molecular complexity index is 207. The molecule has 1 N–H and O–H groups in total. The second kappa shape index (κ2) is 2.64. The molecule has 0 fully saturated rings. The highest BCUT2D eigenvalue weighted by atomic mass is 31.2. The van der Waals surface area contributed by atoms with Crippen LogP contribution in [0.4, 0.5) is 0 Å². The van der Waals surface area contributed by atoms with Crippen LogP contribution in [-0.2, 0) is 9.13 Å². The zero-order valence-corrected chi connectivity index (χ0v) is 7.08. The molecule has 0 amide bonds. The number of aliphatic hydroxyl groups is 1. The average molecular weight is 202 g/mol. The highest BCUT2D eigenvalue weighted by Crippen LogP contribution is 2.58. The molecule has 7 nitrogen and oxygen atoms in total. The molecule has 0 heterocycles. The predicted octanol–water partition coefficient (Wildman–Crippen LogP) is -3.52. The van der Waals surface area contributed by atoms with E-state index >= 15 is 0 Å². The largest absolute Gasteiger partial charge is 0.808 e. The third-order valence-corrected chi connectivity index (χ3v) is 4.58. The van der Waals surface area contributed by atoms with E-state index in [2.05, 4.69) is 0 Å². The Hall–Kier alpha value is 0.260. The standard InChI is InChI=1S/C2H8O7P2/c1-2(3,10(4,5)6)11(7,8)9/h3H,1H3,(H2,4,5,6)(H2,7,8,9)/p-4. The fourth-order valence-corrected chi connectivity index (χ4v) is 1.35. The number of rotatable bonds is 2. The summed E-state index contributed by atoms with van der Waals surface area (Å²) in [6.07, 6.45) is 0. The Morgan fingerprint density at radius 3 is 1.27 bits per heavy atom. The summed E-state index contributed by atoms with van der Waals surface area (Å²) in [5, 5.41) is 4.68. The minimum atomic E-state index is -5.82. The first-order valence-corrected chi connectivity index (χ1v) is 5.35. The first kappa shape index (κ1) is 11.3. The Morgan fingerprint density at radius 1 is 1.09 bits per heavy atom. The summed E-state index contributed by atoms with van der Waals surface area (Å²) in [4.78, 5) is 39.8. The van der Waals surface area contributed by atoms with Gasteiger partial charge in [-0.15, -0.1) is 0 Å². The molecule has 9 heteroatoms. The third kappa shape index (κ3) is 2.10. The molecule has 0 aliphatic heterocycles. The van der Waals surface area contributed by atoms with Crippen molar-refractivity contribution in [1.29, 1.82) is 0 Å². The molecule has 0 rings (SSSR count). The van der Waals surface area contributed by atoms with Crippen LogP contribution in [0.15, 0.2) is 0 Å². The molecule has 0 aromatic rings. The molecule has 0 aliphatic rings. The minimum Gasteiger partial charge on any atom is -0.808 e. The molecular formula is C2H4O7P2-4. The fraction of sp³-hybridized carbons (Fsp3) is 1.00. The van der Waals surface area contributed by atoms with Crippen molar-refractivity contribution in [3.63, 3.8) is 0 Å². The van der Waals surface area contributed by atoms with Gasteiger partial charge in [0, 0.05) is 0 Å². The first-order chi connectivity index (χ1) is 4.50. The first-order valence-electron chi connectivity index (χ1n) is 2.27. The van der Waals surface area contributed by atoms with Crippen LogP contribution in [-0.4, -0.2) is 10.2 Å². The van der Waals surface area contributed by atoms with Crippen LogP contribution in [0.25, 0.3) is 0 Å². The summed E-state index contributed by atoms with van der Waals surface area (Å²) in [7, 11) is -11.6. The summed E-state index contributed by atoms with van der Waals surface area (Å²) >= 11 is 0. The van der Waals surface area contributed by atoms with Crippen molar-refractivity contribution in [1.82, 2.24) is 0 Å². The molecule has 0 spiro atoms. The molecule has 0 aliphatic carbocycles.